The van der Waals surface area contributed by atoms with E-state index >= 15 is 0 Å². The van der Waals surface area contributed by atoms with Crippen LogP contribution in [-0.2, 0) is 11.2 Å². The van der Waals surface area contributed by atoms with Crippen LogP contribution >= 0.6 is 11.8 Å². The molecule has 1 aromatic carbocycles. The van der Waals surface area contributed by atoms with Crippen molar-refractivity contribution in [3.05, 3.63) is 41.8 Å². The van der Waals surface area contributed by atoms with E-state index in [4.69, 9.17) is 4.42 Å². The highest BCUT2D eigenvalue weighted by Gasteiger charge is 2.30. The summed E-state index contributed by atoms with van der Waals surface area (Å²) in [4.78, 5) is 13.0. The van der Waals surface area contributed by atoms with Gasteiger partial charge >= 0.3 is 0 Å². The van der Waals surface area contributed by atoms with Crippen molar-refractivity contribution in [2.24, 2.45) is 11.8 Å². The Hall–Kier alpha value is -1.82. The molecule has 0 spiro atoms. The molecule has 4 atom stereocenters. The summed E-state index contributed by atoms with van der Waals surface area (Å²) < 4.78 is 5.88. The molecule has 2 aromatic rings. The van der Waals surface area contributed by atoms with Crippen LogP contribution in [0, 0.1) is 11.8 Å². The predicted octanol–water partition coefficient (Wildman–Crippen LogP) is 5.23. The molecule has 1 aliphatic rings. The molecular weight excluding hydrogens is 382 g/mol. The molecule has 1 heterocycles. The molecule has 158 valence electrons. The Morgan fingerprint density at radius 3 is 2.59 bits per heavy atom. The van der Waals surface area contributed by atoms with E-state index in [9.17, 15) is 4.79 Å². The van der Waals surface area contributed by atoms with Gasteiger partial charge in [-0.2, -0.15) is 0 Å². The second-order valence-electron chi connectivity index (χ2n) is 8.64. The van der Waals surface area contributed by atoms with E-state index < -0.39 is 0 Å². The van der Waals surface area contributed by atoms with E-state index in [-0.39, 0.29) is 23.1 Å². The second kappa shape index (κ2) is 10.3. The molecule has 1 amide bonds. The average molecular weight is 416 g/mol. The second-order valence-corrected chi connectivity index (χ2v) is 9.73. The highest BCUT2D eigenvalue weighted by atomic mass is 32.2. The van der Waals surface area contributed by atoms with Crippen molar-refractivity contribution in [2.45, 2.75) is 82.2 Å². The fourth-order valence-electron chi connectivity index (χ4n) is 3.93. The number of hydrogen-bond acceptors (Lipinski definition) is 5. The molecule has 3 rings (SSSR count). The summed E-state index contributed by atoms with van der Waals surface area (Å²) in [5, 5.41) is 11.9. The van der Waals surface area contributed by atoms with Crippen LogP contribution in [-0.4, -0.2) is 27.4 Å². The van der Waals surface area contributed by atoms with E-state index in [2.05, 4.69) is 55.3 Å². The van der Waals surface area contributed by atoms with Crippen LogP contribution in [0.15, 0.2) is 40.0 Å². The van der Waals surface area contributed by atoms with Crippen LogP contribution in [0.25, 0.3) is 0 Å². The lowest BCUT2D eigenvalue weighted by atomic mass is 9.86. The van der Waals surface area contributed by atoms with Crippen LogP contribution in [0.1, 0.15) is 70.8 Å². The first kappa shape index (κ1) is 21.9. The third-order valence-corrected chi connectivity index (χ3v) is 7.21. The molecule has 1 aliphatic carbocycles. The minimum absolute atomic E-state index is 0.0844. The summed E-state index contributed by atoms with van der Waals surface area (Å²) in [5.74, 6) is 1.72. The Kier molecular flexibility index (Phi) is 7.76. The average Bonchev–Trinajstić information content (AvgIpc) is 3.15. The number of thioether (sulfide) groups is 1. The number of rotatable bonds is 8. The number of carbonyl (C=O) groups excluding carboxylic acids is 1. The topological polar surface area (TPSA) is 68.0 Å². The van der Waals surface area contributed by atoms with Gasteiger partial charge in [-0.15, -0.1) is 10.2 Å². The summed E-state index contributed by atoms with van der Waals surface area (Å²) in [7, 11) is 0. The Bertz CT molecular complexity index is 777. The van der Waals surface area contributed by atoms with Crippen LogP contribution in [0.5, 0.6) is 0 Å². The third-order valence-electron chi connectivity index (χ3n) is 5.83. The van der Waals surface area contributed by atoms with Gasteiger partial charge in [-0.25, -0.2) is 0 Å². The lowest BCUT2D eigenvalue weighted by molar-refractivity contribution is -0.122. The molecule has 1 fully saturated rings. The number of carbonyl (C=O) groups is 1. The van der Waals surface area contributed by atoms with Gasteiger partial charge in [0.1, 0.15) is 0 Å². The van der Waals surface area contributed by atoms with E-state index in [1.807, 2.05) is 18.2 Å². The standard InChI is InChI=1S/C23H33N3O2S/c1-15(2)21(22(27)24-19-13-9-8-10-16(19)3)29-23-26-25-20(28-23)14-17(4)18-11-6-5-7-12-18/h5-7,11-12,15-17,19,21H,8-10,13-14H2,1-4H3,(H,24,27). The van der Waals surface area contributed by atoms with Gasteiger partial charge in [0.15, 0.2) is 0 Å². The maximum absolute atomic E-state index is 13.0. The summed E-state index contributed by atoms with van der Waals surface area (Å²) in [6, 6.07) is 10.6. The number of amides is 1. The normalized spacial score (nSPS) is 21.7. The van der Waals surface area contributed by atoms with Gasteiger partial charge in [0, 0.05) is 12.5 Å². The first-order chi connectivity index (χ1) is 13.9. The molecule has 0 radical (unpaired) electrons. The smallest absolute Gasteiger partial charge is 0.277 e. The molecule has 5 nitrogen and oxygen atoms in total. The molecule has 0 aliphatic heterocycles. The van der Waals surface area contributed by atoms with Crippen molar-refractivity contribution in [2.75, 3.05) is 0 Å². The number of aromatic nitrogens is 2. The Labute approximate surface area is 178 Å². The van der Waals surface area contributed by atoms with Crippen molar-refractivity contribution >= 4 is 17.7 Å². The van der Waals surface area contributed by atoms with E-state index in [0.29, 0.717) is 29.4 Å². The summed E-state index contributed by atoms with van der Waals surface area (Å²) >= 11 is 1.39. The first-order valence-corrected chi connectivity index (χ1v) is 11.7. The molecule has 1 aromatic heterocycles. The van der Waals surface area contributed by atoms with Crippen LogP contribution in [0.2, 0.25) is 0 Å². The maximum atomic E-state index is 13.0. The monoisotopic (exact) mass is 415 g/mol. The Balaban J connectivity index is 1.60. The first-order valence-electron chi connectivity index (χ1n) is 10.8. The molecule has 4 unspecified atom stereocenters. The molecule has 1 N–H and O–H groups in total. The van der Waals surface area contributed by atoms with Gasteiger partial charge in [0.25, 0.3) is 5.22 Å². The molecule has 29 heavy (non-hydrogen) atoms. The minimum atomic E-state index is -0.232. The lowest BCUT2D eigenvalue weighted by Crippen LogP contribution is -2.46. The highest BCUT2D eigenvalue weighted by molar-refractivity contribution is 8.00. The quantitative estimate of drug-likeness (QED) is 0.598. The van der Waals surface area contributed by atoms with Crippen molar-refractivity contribution in [3.63, 3.8) is 0 Å². The Morgan fingerprint density at radius 2 is 1.90 bits per heavy atom. The van der Waals surface area contributed by atoms with Crippen LogP contribution < -0.4 is 5.32 Å². The fourth-order valence-corrected chi connectivity index (χ4v) is 4.82. The van der Waals surface area contributed by atoms with Gasteiger partial charge in [-0.05, 0) is 36.2 Å². The maximum Gasteiger partial charge on any atom is 0.277 e. The molecule has 1 saturated carbocycles. The van der Waals surface area contributed by atoms with Gasteiger partial charge in [-0.3, -0.25) is 4.79 Å². The van der Waals surface area contributed by atoms with Gasteiger partial charge in [0.2, 0.25) is 11.8 Å². The largest absolute Gasteiger partial charge is 0.416 e. The molecular formula is C23H33N3O2S. The molecule has 0 saturated heterocycles. The number of benzene rings is 1. The zero-order chi connectivity index (χ0) is 20.8. The van der Waals surface area contributed by atoms with Crippen molar-refractivity contribution in [1.29, 1.82) is 0 Å². The third kappa shape index (κ3) is 6.08. The zero-order valence-corrected chi connectivity index (χ0v) is 18.7. The highest BCUT2D eigenvalue weighted by Crippen LogP contribution is 2.30. The number of nitrogens with one attached hydrogen (secondary N) is 1. The Morgan fingerprint density at radius 1 is 1.17 bits per heavy atom. The van der Waals surface area contributed by atoms with E-state index in [1.54, 1.807) is 0 Å². The van der Waals surface area contributed by atoms with Crippen molar-refractivity contribution < 1.29 is 9.21 Å². The van der Waals surface area contributed by atoms with Crippen molar-refractivity contribution in [3.8, 4) is 0 Å². The van der Waals surface area contributed by atoms with Gasteiger partial charge in [0.05, 0.1) is 5.25 Å². The van der Waals surface area contributed by atoms with E-state index in [0.717, 1.165) is 6.42 Å². The summed E-state index contributed by atoms with van der Waals surface area (Å²) in [5.41, 5.74) is 1.25. The molecule has 6 heteroatoms. The van der Waals surface area contributed by atoms with Gasteiger partial charge in [-0.1, -0.05) is 82.6 Å². The van der Waals surface area contributed by atoms with Crippen LogP contribution in [0.3, 0.4) is 0 Å². The summed E-state index contributed by atoms with van der Waals surface area (Å²) in [6.45, 7) is 8.52. The van der Waals surface area contributed by atoms with Crippen molar-refractivity contribution in [1.82, 2.24) is 15.5 Å². The SMILES string of the molecule is CC(Cc1nnc(SC(C(=O)NC2CCCCC2C)C(C)C)o1)c1ccccc1. The fraction of sp³-hybridized carbons (Fsp3) is 0.609. The lowest BCUT2D eigenvalue weighted by Gasteiger charge is -2.31. The predicted molar refractivity (Wildman–Crippen MR) is 117 cm³/mol. The number of nitrogens with zero attached hydrogens (tertiary/aromatic N) is 2. The van der Waals surface area contributed by atoms with E-state index in [1.165, 1.54) is 36.6 Å². The van der Waals surface area contributed by atoms with Crippen LogP contribution in [0.4, 0.5) is 0 Å². The molecule has 0 bridgehead atoms. The minimum Gasteiger partial charge on any atom is -0.416 e. The number of hydrogen-bond donors (Lipinski definition) is 1. The van der Waals surface area contributed by atoms with Gasteiger partial charge < -0.3 is 9.73 Å². The summed E-state index contributed by atoms with van der Waals surface area (Å²) in [6.07, 6.45) is 5.42. The zero-order valence-electron chi connectivity index (χ0n) is 17.9.